The standard InChI is InChI=1S/C27H36N2O2/c28-26(31)27(23-14-8-6-9-15-23,24-16-10-7-11-17-24)25-18-20-29(22-25)19-12-4-2-1-3-5-13-21-30/h6-11,14-17,21,25H,1-5,12-13,18-20,22H2,(H2,28,31). The minimum atomic E-state index is -0.796. The van der Waals surface area contributed by atoms with Crippen molar-refractivity contribution in [3.05, 3.63) is 71.8 Å². The molecule has 1 heterocycles. The van der Waals surface area contributed by atoms with Crippen molar-refractivity contribution in [2.45, 2.75) is 56.8 Å². The van der Waals surface area contributed by atoms with Crippen molar-refractivity contribution in [2.24, 2.45) is 11.7 Å². The molecule has 0 aliphatic carbocycles. The van der Waals surface area contributed by atoms with Crippen molar-refractivity contribution in [3.63, 3.8) is 0 Å². The third kappa shape index (κ3) is 5.62. The number of hydrogen-bond acceptors (Lipinski definition) is 3. The van der Waals surface area contributed by atoms with Crippen LogP contribution in [0, 0.1) is 5.92 Å². The lowest BCUT2D eigenvalue weighted by molar-refractivity contribution is -0.123. The van der Waals surface area contributed by atoms with Gasteiger partial charge in [-0.05, 0) is 49.4 Å². The second kappa shape index (κ2) is 11.8. The minimum Gasteiger partial charge on any atom is -0.369 e. The van der Waals surface area contributed by atoms with Crippen molar-refractivity contribution in [3.8, 4) is 0 Å². The summed E-state index contributed by atoms with van der Waals surface area (Å²) in [4.78, 5) is 26.0. The van der Waals surface area contributed by atoms with Crippen LogP contribution < -0.4 is 5.73 Å². The van der Waals surface area contributed by atoms with Crippen LogP contribution in [0.1, 0.15) is 62.5 Å². The maximum absolute atomic E-state index is 13.1. The van der Waals surface area contributed by atoms with Gasteiger partial charge >= 0.3 is 0 Å². The topological polar surface area (TPSA) is 63.4 Å². The Hall–Kier alpha value is -2.46. The number of likely N-dealkylation sites (tertiary alicyclic amines) is 1. The number of nitrogens with two attached hydrogens (primary N) is 1. The van der Waals surface area contributed by atoms with Crippen LogP contribution in [0.4, 0.5) is 0 Å². The number of aldehydes is 1. The quantitative estimate of drug-likeness (QED) is 0.377. The number of unbranched alkanes of at least 4 members (excludes halogenated alkanes) is 6. The first-order chi connectivity index (χ1) is 15.2. The number of benzene rings is 2. The van der Waals surface area contributed by atoms with Crippen molar-refractivity contribution in [1.29, 1.82) is 0 Å². The fraction of sp³-hybridized carbons (Fsp3) is 0.481. The van der Waals surface area contributed by atoms with Crippen molar-refractivity contribution < 1.29 is 9.59 Å². The summed E-state index contributed by atoms with van der Waals surface area (Å²) in [6.45, 7) is 2.98. The number of carbonyl (C=O) groups excluding carboxylic acids is 2. The van der Waals surface area contributed by atoms with Gasteiger partial charge in [-0.1, -0.05) is 86.3 Å². The van der Waals surface area contributed by atoms with Gasteiger partial charge in [0.1, 0.15) is 11.7 Å². The van der Waals surface area contributed by atoms with Crippen LogP contribution in [0.5, 0.6) is 0 Å². The summed E-state index contributed by atoms with van der Waals surface area (Å²) in [6, 6.07) is 20.2. The van der Waals surface area contributed by atoms with Crippen LogP contribution in [0.2, 0.25) is 0 Å². The van der Waals surface area contributed by atoms with Crippen LogP contribution in [0.15, 0.2) is 60.7 Å². The molecular weight excluding hydrogens is 384 g/mol. The first-order valence-corrected chi connectivity index (χ1v) is 11.8. The number of carbonyl (C=O) groups is 2. The molecule has 2 N–H and O–H groups in total. The zero-order chi connectivity index (χ0) is 21.9. The number of rotatable bonds is 13. The van der Waals surface area contributed by atoms with E-state index in [0.717, 1.165) is 56.3 Å². The average molecular weight is 421 g/mol. The van der Waals surface area contributed by atoms with Gasteiger partial charge < -0.3 is 15.4 Å². The predicted molar refractivity (Wildman–Crippen MR) is 126 cm³/mol. The molecule has 1 atom stereocenters. The fourth-order valence-electron chi connectivity index (χ4n) is 5.19. The van der Waals surface area contributed by atoms with E-state index in [1.165, 1.54) is 25.7 Å². The molecule has 1 amide bonds. The molecule has 4 nitrogen and oxygen atoms in total. The van der Waals surface area contributed by atoms with Crippen molar-refractivity contribution in [2.75, 3.05) is 19.6 Å². The normalized spacial score (nSPS) is 17.0. The Kier molecular flexibility index (Phi) is 8.84. The summed E-state index contributed by atoms with van der Waals surface area (Å²) in [5.74, 6) is -0.0924. The highest BCUT2D eigenvalue weighted by molar-refractivity contribution is 5.91. The van der Waals surface area contributed by atoms with Crippen LogP contribution in [0.25, 0.3) is 0 Å². The van der Waals surface area contributed by atoms with E-state index < -0.39 is 5.41 Å². The van der Waals surface area contributed by atoms with E-state index in [2.05, 4.69) is 4.90 Å². The second-order valence-electron chi connectivity index (χ2n) is 8.77. The van der Waals surface area contributed by atoms with Crippen LogP contribution in [0.3, 0.4) is 0 Å². The third-order valence-corrected chi connectivity index (χ3v) is 6.78. The van der Waals surface area contributed by atoms with Crippen LogP contribution in [-0.2, 0) is 15.0 Å². The highest BCUT2D eigenvalue weighted by Gasteiger charge is 2.49. The average Bonchev–Trinajstić information content (AvgIpc) is 3.26. The van der Waals surface area contributed by atoms with Crippen molar-refractivity contribution in [1.82, 2.24) is 4.90 Å². The van der Waals surface area contributed by atoms with Crippen molar-refractivity contribution >= 4 is 12.2 Å². The molecular formula is C27H36N2O2. The van der Waals surface area contributed by atoms with Gasteiger partial charge in [0.15, 0.2) is 0 Å². The van der Waals surface area contributed by atoms with E-state index in [4.69, 9.17) is 5.73 Å². The van der Waals surface area contributed by atoms with Gasteiger partial charge in [0.05, 0.1) is 0 Å². The molecule has 1 aliphatic heterocycles. The molecule has 3 rings (SSSR count). The minimum absolute atomic E-state index is 0.165. The third-order valence-electron chi connectivity index (χ3n) is 6.78. The van der Waals surface area contributed by atoms with Gasteiger partial charge in [-0.3, -0.25) is 4.79 Å². The van der Waals surface area contributed by atoms with Crippen LogP contribution in [-0.4, -0.2) is 36.7 Å². The summed E-state index contributed by atoms with van der Waals surface area (Å²) in [6.07, 6.45) is 9.70. The highest BCUT2D eigenvalue weighted by atomic mass is 16.1. The summed E-state index contributed by atoms with van der Waals surface area (Å²) in [5.41, 5.74) is 7.37. The first-order valence-electron chi connectivity index (χ1n) is 11.8. The molecule has 0 bridgehead atoms. The molecule has 2 aromatic rings. The second-order valence-corrected chi connectivity index (χ2v) is 8.77. The summed E-state index contributed by atoms with van der Waals surface area (Å²) >= 11 is 0. The zero-order valence-corrected chi connectivity index (χ0v) is 18.5. The fourth-order valence-corrected chi connectivity index (χ4v) is 5.19. The van der Waals surface area contributed by atoms with E-state index in [1.807, 2.05) is 60.7 Å². The smallest absolute Gasteiger partial charge is 0.232 e. The number of amides is 1. The summed E-state index contributed by atoms with van der Waals surface area (Å²) in [7, 11) is 0. The first kappa shape index (κ1) is 23.2. The molecule has 0 spiro atoms. The van der Waals surface area contributed by atoms with E-state index in [9.17, 15) is 9.59 Å². The van der Waals surface area contributed by atoms with E-state index in [-0.39, 0.29) is 11.8 Å². The molecule has 0 radical (unpaired) electrons. The van der Waals surface area contributed by atoms with Gasteiger partial charge in [-0.25, -0.2) is 0 Å². The largest absolute Gasteiger partial charge is 0.369 e. The summed E-state index contributed by atoms with van der Waals surface area (Å²) < 4.78 is 0. The van der Waals surface area contributed by atoms with Gasteiger partial charge in [0, 0.05) is 13.0 Å². The maximum atomic E-state index is 13.1. The Labute approximate surface area is 186 Å². The van der Waals surface area contributed by atoms with E-state index in [0.29, 0.717) is 6.42 Å². The molecule has 2 aromatic carbocycles. The molecule has 1 aliphatic rings. The lowest BCUT2D eigenvalue weighted by atomic mass is 9.64. The monoisotopic (exact) mass is 420 g/mol. The SMILES string of the molecule is NC(=O)C(c1ccccc1)(c1ccccc1)C1CCN(CCCCCCCCC=O)C1. The Bertz CT molecular complexity index is 767. The number of primary amides is 1. The van der Waals surface area contributed by atoms with Gasteiger partial charge in [0.25, 0.3) is 0 Å². The molecule has 1 unspecified atom stereocenters. The molecule has 4 heteroatoms. The molecule has 166 valence electrons. The molecule has 0 aromatic heterocycles. The molecule has 0 saturated carbocycles. The summed E-state index contributed by atoms with van der Waals surface area (Å²) in [5, 5.41) is 0. The Balaban J connectivity index is 1.65. The lowest BCUT2D eigenvalue weighted by Crippen LogP contribution is -2.49. The van der Waals surface area contributed by atoms with Gasteiger partial charge in [0.2, 0.25) is 5.91 Å². The highest BCUT2D eigenvalue weighted by Crippen LogP contribution is 2.43. The van der Waals surface area contributed by atoms with Gasteiger partial charge in [-0.2, -0.15) is 0 Å². The van der Waals surface area contributed by atoms with E-state index >= 15 is 0 Å². The van der Waals surface area contributed by atoms with Gasteiger partial charge in [-0.15, -0.1) is 0 Å². The van der Waals surface area contributed by atoms with E-state index in [1.54, 1.807) is 0 Å². The molecule has 1 saturated heterocycles. The van der Waals surface area contributed by atoms with Crippen LogP contribution >= 0.6 is 0 Å². The Morgan fingerprint density at radius 3 is 2.00 bits per heavy atom. The number of nitrogens with zero attached hydrogens (tertiary/aromatic N) is 1. The lowest BCUT2D eigenvalue weighted by Gasteiger charge is -2.37. The Morgan fingerprint density at radius 1 is 0.903 bits per heavy atom. The Morgan fingerprint density at radius 2 is 1.45 bits per heavy atom. The maximum Gasteiger partial charge on any atom is 0.232 e. The zero-order valence-electron chi connectivity index (χ0n) is 18.5. The number of hydrogen-bond donors (Lipinski definition) is 1. The molecule has 1 fully saturated rings. The predicted octanol–water partition coefficient (Wildman–Crippen LogP) is 4.71. The molecule has 31 heavy (non-hydrogen) atoms.